The molecule has 3 aromatic rings. The second-order valence-electron chi connectivity index (χ2n) is 8.14. The van der Waals surface area contributed by atoms with E-state index in [-0.39, 0.29) is 28.5 Å². The number of methoxy groups -OCH3 is 1. The van der Waals surface area contributed by atoms with E-state index in [9.17, 15) is 22.8 Å². The van der Waals surface area contributed by atoms with Gasteiger partial charge in [0.25, 0.3) is 11.8 Å². The van der Waals surface area contributed by atoms with Gasteiger partial charge in [0.1, 0.15) is 17.2 Å². The summed E-state index contributed by atoms with van der Waals surface area (Å²) >= 11 is 0. The minimum Gasteiger partial charge on any atom is -0.493 e. The lowest BCUT2D eigenvalue weighted by molar-refractivity contribution is -0.274. The minimum atomic E-state index is -4.86. The maximum absolute atomic E-state index is 13.3. The van der Waals surface area contributed by atoms with Gasteiger partial charge in [-0.3, -0.25) is 9.59 Å². The molecule has 8 nitrogen and oxygen atoms in total. The fraction of sp³-hybridized carbons (Fsp3) is 0.240. The fourth-order valence-electron chi connectivity index (χ4n) is 3.76. The Balaban J connectivity index is 1.67. The van der Waals surface area contributed by atoms with Gasteiger partial charge in [0, 0.05) is 6.07 Å². The van der Waals surface area contributed by atoms with E-state index in [1.54, 1.807) is 13.0 Å². The molecule has 0 spiro atoms. The highest BCUT2D eigenvalue weighted by molar-refractivity contribution is 6.07. The molecule has 3 N–H and O–H groups in total. The summed E-state index contributed by atoms with van der Waals surface area (Å²) in [5.74, 6) is -1.07. The molecule has 4 rings (SSSR count). The molecule has 1 aromatic heterocycles. The van der Waals surface area contributed by atoms with Gasteiger partial charge >= 0.3 is 6.36 Å². The first-order valence-electron chi connectivity index (χ1n) is 10.9. The molecule has 1 fully saturated rings. The van der Waals surface area contributed by atoms with Gasteiger partial charge in [-0.25, -0.2) is 4.98 Å². The lowest BCUT2D eigenvalue weighted by Crippen LogP contribution is -2.17. The Morgan fingerprint density at radius 3 is 2.36 bits per heavy atom. The van der Waals surface area contributed by atoms with Crippen molar-refractivity contribution in [1.82, 2.24) is 4.98 Å². The molecule has 1 aliphatic carbocycles. The van der Waals surface area contributed by atoms with Crippen LogP contribution in [-0.2, 0) is 0 Å². The number of nitrogens with one attached hydrogen (secondary N) is 1. The Morgan fingerprint density at radius 2 is 1.78 bits per heavy atom. The number of hydrogen-bond donors (Lipinski definition) is 2. The molecular formula is C25H22F3N3O5. The van der Waals surface area contributed by atoms with Crippen molar-refractivity contribution in [3.8, 4) is 23.0 Å². The van der Waals surface area contributed by atoms with Crippen LogP contribution in [0.5, 0.6) is 23.0 Å². The molecule has 0 aliphatic heterocycles. The summed E-state index contributed by atoms with van der Waals surface area (Å²) in [4.78, 5) is 28.5. The van der Waals surface area contributed by atoms with E-state index in [1.165, 1.54) is 31.5 Å². The Bertz CT molecular complexity index is 1310. The average molecular weight is 501 g/mol. The summed E-state index contributed by atoms with van der Waals surface area (Å²) in [6.45, 7) is 1.81. The number of nitrogens with two attached hydrogens (primary N) is 1. The molecule has 0 bridgehead atoms. The number of carbonyl (C=O) groups excluding carboxylic acids is 2. The number of hydrogen-bond acceptors (Lipinski definition) is 6. The van der Waals surface area contributed by atoms with Gasteiger partial charge in [0.05, 0.1) is 24.6 Å². The highest BCUT2D eigenvalue weighted by Crippen LogP contribution is 2.45. The monoisotopic (exact) mass is 501 g/mol. The number of rotatable bonds is 8. The largest absolute Gasteiger partial charge is 0.573 e. The third-order valence-corrected chi connectivity index (χ3v) is 5.58. The van der Waals surface area contributed by atoms with Crippen molar-refractivity contribution < 1.29 is 37.0 Å². The number of halogens is 3. The van der Waals surface area contributed by atoms with Gasteiger partial charge < -0.3 is 25.3 Å². The summed E-state index contributed by atoms with van der Waals surface area (Å²) < 4.78 is 52.9. The Hall–Kier alpha value is -4.28. The Morgan fingerprint density at radius 1 is 1.06 bits per heavy atom. The molecule has 0 saturated heterocycles. The zero-order valence-electron chi connectivity index (χ0n) is 19.3. The minimum absolute atomic E-state index is 0.0155. The van der Waals surface area contributed by atoms with E-state index in [0.29, 0.717) is 17.2 Å². The maximum Gasteiger partial charge on any atom is 0.573 e. The van der Waals surface area contributed by atoms with Gasteiger partial charge in [0.15, 0.2) is 11.5 Å². The molecule has 2 aromatic carbocycles. The third kappa shape index (κ3) is 5.68. The zero-order chi connectivity index (χ0) is 26.0. The van der Waals surface area contributed by atoms with Crippen LogP contribution in [0.1, 0.15) is 50.7 Å². The van der Waals surface area contributed by atoms with Crippen LogP contribution >= 0.6 is 0 Å². The molecule has 0 unspecified atom stereocenters. The van der Waals surface area contributed by atoms with E-state index in [1.807, 2.05) is 6.07 Å². The average Bonchev–Trinajstić information content (AvgIpc) is 3.64. The quantitative estimate of drug-likeness (QED) is 0.432. The molecule has 2 amide bonds. The molecular weight excluding hydrogens is 479 g/mol. The first-order valence-corrected chi connectivity index (χ1v) is 10.9. The van der Waals surface area contributed by atoms with Gasteiger partial charge in [-0.15, -0.1) is 13.2 Å². The Kier molecular flexibility index (Phi) is 6.73. The highest BCUT2D eigenvalue weighted by Gasteiger charge is 2.32. The van der Waals surface area contributed by atoms with Crippen molar-refractivity contribution in [2.45, 2.75) is 32.0 Å². The predicted octanol–water partition coefficient (Wildman–Crippen LogP) is 5.32. The standard InChI is InChI=1S/C25H22F3N3O5/c1-13-17(14-3-4-14)7-10-20(22(13)24(33)31-15-5-8-18(23(29)32)30-12-15)35-19-9-6-16(11-21(19)34-2)36-25(26,27)28/h5-12,14H,3-4H2,1-2H3,(H2,29,32)(H,31,33). The number of alkyl halides is 3. The number of nitrogens with zero attached hydrogens (tertiary/aromatic N) is 1. The fourth-order valence-corrected chi connectivity index (χ4v) is 3.76. The number of ether oxygens (including phenoxy) is 3. The number of primary amides is 1. The summed E-state index contributed by atoms with van der Waals surface area (Å²) in [7, 11) is 1.28. The Labute approximate surface area is 204 Å². The topological polar surface area (TPSA) is 113 Å². The molecule has 11 heteroatoms. The summed E-state index contributed by atoms with van der Waals surface area (Å²) in [5.41, 5.74) is 7.56. The molecule has 1 saturated carbocycles. The summed E-state index contributed by atoms with van der Waals surface area (Å²) in [5, 5.41) is 2.73. The van der Waals surface area contributed by atoms with Gasteiger partial charge in [0.2, 0.25) is 0 Å². The van der Waals surface area contributed by atoms with Gasteiger partial charge in [-0.2, -0.15) is 0 Å². The number of pyridine rings is 1. The second kappa shape index (κ2) is 9.76. The summed E-state index contributed by atoms with van der Waals surface area (Å²) in [6, 6.07) is 9.78. The lowest BCUT2D eigenvalue weighted by atomic mass is 9.97. The van der Waals surface area contributed by atoms with Crippen LogP contribution in [0.15, 0.2) is 48.7 Å². The van der Waals surface area contributed by atoms with Crippen LogP contribution in [0.2, 0.25) is 0 Å². The SMILES string of the molecule is COc1cc(OC(F)(F)F)ccc1Oc1ccc(C2CC2)c(C)c1C(=O)Nc1ccc(C(N)=O)nc1. The molecule has 0 atom stereocenters. The highest BCUT2D eigenvalue weighted by atomic mass is 19.4. The van der Waals surface area contributed by atoms with Crippen LogP contribution in [0.4, 0.5) is 18.9 Å². The first kappa shape index (κ1) is 24.8. The van der Waals surface area contributed by atoms with Crippen LogP contribution < -0.4 is 25.3 Å². The van der Waals surface area contributed by atoms with Crippen molar-refractivity contribution in [3.05, 3.63) is 71.0 Å². The van der Waals surface area contributed by atoms with E-state index >= 15 is 0 Å². The number of anilines is 1. The normalized spacial score (nSPS) is 13.1. The van der Waals surface area contributed by atoms with Crippen molar-refractivity contribution in [2.75, 3.05) is 12.4 Å². The molecule has 1 heterocycles. The zero-order valence-corrected chi connectivity index (χ0v) is 19.3. The van der Waals surface area contributed by atoms with Crippen molar-refractivity contribution in [2.24, 2.45) is 5.73 Å². The number of aromatic nitrogens is 1. The lowest BCUT2D eigenvalue weighted by Gasteiger charge is -2.18. The number of amides is 2. The van der Waals surface area contributed by atoms with Crippen LogP contribution in [0.3, 0.4) is 0 Å². The van der Waals surface area contributed by atoms with E-state index in [2.05, 4.69) is 15.0 Å². The smallest absolute Gasteiger partial charge is 0.493 e. The van der Waals surface area contributed by atoms with Crippen molar-refractivity contribution in [3.63, 3.8) is 0 Å². The van der Waals surface area contributed by atoms with E-state index in [0.717, 1.165) is 30.5 Å². The number of benzene rings is 2. The third-order valence-electron chi connectivity index (χ3n) is 5.58. The van der Waals surface area contributed by atoms with Crippen LogP contribution in [0, 0.1) is 6.92 Å². The molecule has 188 valence electrons. The summed E-state index contributed by atoms with van der Waals surface area (Å²) in [6.07, 6.45) is -1.54. The molecule has 0 radical (unpaired) electrons. The molecule has 1 aliphatic rings. The van der Waals surface area contributed by atoms with Gasteiger partial charge in [-0.05, 0) is 67.1 Å². The van der Waals surface area contributed by atoms with Gasteiger partial charge in [-0.1, -0.05) is 6.07 Å². The van der Waals surface area contributed by atoms with E-state index < -0.39 is 23.9 Å². The number of carbonyl (C=O) groups is 2. The maximum atomic E-state index is 13.3. The second-order valence-corrected chi connectivity index (χ2v) is 8.14. The van der Waals surface area contributed by atoms with Crippen LogP contribution in [0.25, 0.3) is 0 Å². The van der Waals surface area contributed by atoms with Crippen molar-refractivity contribution in [1.29, 1.82) is 0 Å². The van der Waals surface area contributed by atoms with Crippen molar-refractivity contribution >= 4 is 17.5 Å². The predicted molar refractivity (Wildman–Crippen MR) is 124 cm³/mol. The first-order chi connectivity index (χ1) is 17.1. The molecule has 36 heavy (non-hydrogen) atoms. The van der Waals surface area contributed by atoms with E-state index in [4.69, 9.17) is 15.2 Å². The van der Waals surface area contributed by atoms with Crippen LogP contribution in [-0.4, -0.2) is 30.3 Å².